The highest BCUT2D eigenvalue weighted by atomic mass is 16.6. The molecule has 9 heteroatoms. The van der Waals surface area contributed by atoms with Gasteiger partial charge in [-0.05, 0) is 24.3 Å². The highest BCUT2D eigenvalue weighted by molar-refractivity contribution is 5.95. The van der Waals surface area contributed by atoms with Gasteiger partial charge in [-0.3, -0.25) is 14.4 Å². The molecule has 1 heterocycles. The van der Waals surface area contributed by atoms with Crippen molar-refractivity contribution in [2.24, 2.45) is 0 Å². The largest absolute Gasteiger partial charge is 0.493 e. The first-order chi connectivity index (χ1) is 14.8. The van der Waals surface area contributed by atoms with E-state index in [0.717, 1.165) is 0 Å². The number of methoxy groups -OCH3 is 3. The summed E-state index contributed by atoms with van der Waals surface area (Å²) in [5, 5.41) is -0.0662. The van der Waals surface area contributed by atoms with E-state index in [9.17, 15) is 14.4 Å². The van der Waals surface area contributed by atoms with E-state index in [1.807, 2.05) is 0 Å². The molecule has 0 aliphatic heterocycles. The molecule has 0 spiro atoms. The van der Waals surface area contributed by atoms with Gasteiger partial charge in [0.1, 0.15) is 11.1 Å². The standard InChI is InChI=1S/C22H20O9/c1-11(23)29-14-8-6-13(7-9-14)19-22(28-5)18(25)17-20(30-12(2)24)15(26-3)10-16(27-4)21(17)31-19/h6-10H,1-5H3. The molecule has 0 atom stereocenters. The van der Waals surface area contributed by atoms with Crippen LogP contribution < -0.4 is 29.1 Å². The van der Waals surface area contributed by atoms with Crippen LogP contribution in [0.3, 0.4) is 0 Å². The Morgan fingerprint density at radius 3 is 1.94 bits per heavy atom. The van der Waals surface area contributed by atoms with Crippen LogP contribution in [-0.2, 0) is 9.59 Å². The van der Waals surface area contributed by atoms with Crippen LogP contribution in [0.5, 0.6) is 28.7 Å². The van der Waals surface area contributed by atoms with Gasteiger partial charge in [0.05, 0.1) is 21.3 Å². The van der Waals surface area contributed by atoms with Crippen LogP contribution in [0.4, 0.5) is 0 Å². The van der Waals surface area contributed by atoms with Gasteiger partial charge < -0.3 is 28.1 Å². The van der Waals surface area contributed by atoms with Gasteiger partial charge >= 0.3 is 11.9 Å². The third kappa shape index (κ3) is 4.16. The minimum absolute atomic E-state index is 0.0458. The Hall–Kier alpha value is -4.01. The number of hydrogen-bond donors (Lipinski definition) is 0. The summed E-state index contributed by atoms with van der Waals surface area (Å²) < 4.78 is 32.2. The van der Waals surface area contributed by atoms with Crippen LogP contribution in [0.15, 0.2) is 39.5 Å². The van der Waals surface area contributed by atoms with Crippen LogP contribution in [0, 0.1) is 0 Å². The smallest absolute Gasteiger partial charge is 0.308 e. The molecule has 0 aliphatic rings. The second-order valence-corrected chi connectivity index (χ2v) is 6.32. The number of benzene rings is 2. The van der Waals surface area contributed by atoms with Gasteiger partial charge in [-0.1, -0.05) is 0 Å². The molecular formula is C22H20O9. The molecule has 0 radical (unpaired) electrons. The summed E-state index contributed by atoms with van der Waals surface area (Å²) in [6, 6.07) is 7.76. The van der Waals surface area contributed by atoms with Gasteiger partial charge in [-0.25, -0.2) is 0 Å². The number of hydrogen-bond acceptors (Lipinski definition) is 9. The van der Waals surface area contributed by atoms with Crippen molar-refractivity contribution in [3.63, 3.8) is 0 Å². The fourth-order valence-electron chi connectivity index (χ4n) is 3.04. The first kappa shape index (κ1) is 21.7. The molecule has 0 fully saturated rings. The van der Waals surface area contributed by atoms with Gasteiger partial charge in [0.25, 0.3) is 0 Å². The molecule has 0 saturated carbocycles. The van der Waals surface area contributed by atoms with Crippen LogP contribution in [0.25, 0.3) is 22.3 Å². The molecule has 31 heavy (non-hydrogen) atoms. The van der Waals surface area contributed by atoms with Crippen molar-refractivity contribution in [3.8, 4) is 40.1 Å². The average Bonchev–Trinajstić information content (AvgIpc) is 2.73. The van der Waals surface area contributed by atoms with Crippen molar-refractivity contribution in [2.45, 2.75) is 13.8 Å². The first-order valence-electron chi connectivity index (χ1n) is 9.07. The summed E-state index contributed by atoms with van der Waals surface area (Å²) in [4.78, 5) is 36.1. The summed E-state index contributed by atoms with van der Waals surface area (Å²) in [6.45, 7) is 2.49. The van der Waals surface area contributed by atoms with E-state index in [1.165, 1.54) is 41.2 Å². The van der Waals surface area contributed by atoms with Crippen LogP contribution in [0.2, 0.25) is 0 Å². The van der Waals surface area contributed by atoms with Gasteiger partial charge in [-0.2, -0.15) is 0 Å². The van der Waals surface area contributed by atoms with Crippen LogP contribution >= 0.6 is 0 Å². The molecule has 2 aromatic carbocycles. The highest BCUT2D eigenvalue weighted by Gasteiger charge is 2.26. The Kier molecular flexibility index (Phi) is 6.15. The third-order valence-electron chi connectivity index (χ3n) is 4.28. The summed E-state index contributed by atoms with van der Waals surface area (Å²) in [5.74, 6) is -0.560. The zero-order valence-corrected chi connectivity index (χ0v) is 17.6. The van der Waals surface area contributed by atoms with E-state index in [2.05, 4.69) is 0 Å². The third-order valence-corrected chi connectivity index (χ3v) is 4.28. The molecular weight excluding hydrogens is 408 g/mol. The monoisotopic (exact) mass is 428 g/mol. The number of fused-ring (bicyclic) bond motifs is 1. The topological polar surface area (TPSA) is 110 Å². The molecule has 0 N–H and O–H groups in total. The molecule has 0 aliphatic carbocycles. The van der Waals surface area contributed by atoms with Crippen molar-refractivity contribution < 1.29 is 37.7 Å². The van der Waals surface area contributed by atoms with E-state index >= 15 is 0 Å². The fraction of sp³-hybridized carbons (Fsp3) is 0.227. The highest BCUT2D eigenvalue weighted by Crippen LogP contribution is 2.43. The second-order valence-electron chi connectivity index (χ2n) is 6.32. The molecule has 0 saturated heterocycles. The number of rotatable bonds is 6. The average molecular weight is 428 g/mol. The summed E-state index contributed by atoms with van der Waals surface area (Å²) >= 11 is 0. The Morgan fingerprint density at radius 2 is 1.42 bits per heavy atom. The lowest BCUT2D eigenvalue weighted by Gasteiger charge is -2.16. The van der Waals surface area contributed by atoms with Gasteiger partial charge in [-0.15, -0.1) is 0 Å². The van der Waals surface area contributed by atoms with Crippen molar-refractivity contribution in [2.75, 3.05) is 21.3 Å². The normalized spacial score (nSPS) is 10.5. The fourth-order valence-corrected chi connectivity index (χ4v) is 3.04. The Bertz CT molecular complexity index is 1210. The second kappa shape index (κ2) is 8.78. The lowest BCUT2D eigenvalue weighted by Crippen LogP contribution is -2.12. The lowest BCUT2D eigenvalue weighted by atomic mass is 10.1. The van der Waals surface area contributed by atoms with Crippen molar-refractivity contribution in [1.29, 1.82) is 0 Å². The molecule has 0 bridgehead atoms. The molecule has 9 nitrogen and oxygen atoms in total. The number of esters is 2. The van der Waals surface area contributed by atoms with E-state index in [1.54, 1.807) is 24.3 Å². The zero-order chi connectivity index (χ0) is 22.7. The van der Waals surface area contributed by atoms with E-state index < -0.39 is 17.4 Å². The quantitative estimate of drug-likeness (QED) is 0.431. The molecule has 3 aromatic rings. The number of carbonyl (C=O) groups excluding carboxylic acids is 2. The van der Waals surface area contributed by atoms with Gasteiger partial charge in [0.2, 0.25) is 11.2 Å². The maximum absolute atomic E-state index is 13.3. The molecule has 1 aromatic heterocycles. The Labute approximate surface area is 177 Å². The van der Waals surface area contributed by atoms with E-state index in [-0.39, 0.29) is 39.7 Å². The zero-order valence-electron chi connectivity index (χ0n) is 17.6. The van der Waals surface area contributed by atoms with Crippen molar-refractivity contribution in [1.82, 2.24) is 0 Å². The lowest BCUT2D eigenvalue weighted by molar-refractivity contribution is -0.132. The first-order valence-corrected chi connectivity index (χ1v) is 9.07. The van der Waals surface area contributed by atoms with Crippen LogP contribution in [0.1, 0.15) is 13.8 Å². The predicted molar refractivity (Wildman–Crippen MR) is 110 cm³/mol. The summed E-state index contributed by atoms with van der Waals surface area (Å²) in [7, 11) is 4.08. The predicted octanol–water partition coefficient (Wildman–Crippen LogP) is 3.34. The van der Waals surface area contributed by atoms with Crippen molar-refractivity contribution >= 4 is 22.9 Å². The maximum Gasteiger partial charge on any atom is 0.308 e. The minimum atomic E-state index is -0.645. The van der Waals surface area contributed by atoms with E-state index in [0.29, 0.717) is 11.3 Å². The van der Waals surface area contributed by atoms with Crippen LogP contribution in [-0.4, -0.2) is 33.3 Å². The van der Waals surface area contributed by atoms with Gasteiger partial charge in [0, 0.05) is 25.5 Å². The maximum atomic E-state index is 13.3. The molecule has 0 unspecified atom stereocenters. The van der Waals surface area contributed by atoms with E-state index in [4.69, 9.17) is 28.1 Å². The molecule has 0 amide bonds. The SMILES string of the molecule is COc1cc(OC)c2oc(-c3ccc(OC(C)=O)cc3)c(OC)c(=O)c2c1OC(C)=O. The number of ether oxygens (including phenoxy) is 5. The van der Waals surface area contributed by atoms with Crippen molar-refractivity contribution in [3.05, 3.63) is 40.6 Å². The Balaban J connectivity index is 2.33. The summed E-state index contributed by atoms with van der Waals surface area (Å²) in [6.07, 6.45) is 0. The molecule has 162 valence electrons. The Morgan fingerprint density at radius 1 is 0.806 bits per heavy atom. The van der Waals surface area contributed by atoms with Gasteiger partial charge in [0.15, 0.2) is 28.6 Å². The minimum Gasteiger partial charge on any atom is -0.493 e. The number of carbonyl (C=O) groups is 2. The molecule has 3 rings (SSSR count). The summed E-state index contributed by atoms with van der Waals surface area (Å²) in [5.41, 5.74) is -0.0562.